The van der Waals surface area contributed by atoms with Crippen molar-refractivity contribution >= 4 is 16.8 Å². The summed E-state index contributed by atoms with van der Waals surface area (Å²) in [6.45, 7) is 0.525. The Morgan fingerprint density at radius 2 is 2.26 bits per heavy atom. The summed E-state index contributed by atoms with van der Waals surface area (Å²) in [5, 5.41) is 0.372. The number of fused-ring (bicyclic) bond motifs is 7. The van der Waals surface area contributed by atoms with Gasteiger partial charge in [0.05, 0.1) is 29.1 Å². The molecule has 0 unspecified atom stereocenters. The van der Waals surface area contributed by atoms with Gasteiger partial charge in [0.15, 0.2) is 5.78 Å². The van der Waals surface area contributed by atoms with Gasteiger partial charge in [0.25, 0.3) is 0 Å². The van der Waals surface area contributed by atoms with E-state index >= 15 is 0 Å². The summed E-state index contributed by atoms with van der Waals surface area (Å²) in [5.41, 5.74) is 0.695. The first kappa shape index (κ1) is 10.4. The van der Waals surface area contributed by atoms with Gasteiger partial charge in [-0.2, -0.15) is 0 Å². The first-order valence-corrected chi connectivity index (χ1v) is 7.50. The Morgan fingerprint density at radius 1 is 1.35 bits per heavy atom. The van der Waals surface area contributed by atoms with Crippen LogP contribution < -0.4 is 15.1 Å². The van der Waals surface area contributed by atoms with Crippen LogP contribution in [-0.4, -0.2) is 25.7 Å². The number of hydrogen-bond donors (Lipinski definition) is 0. The molecule has 1 aromatic heterocycles. The maximum atomic E-state index is 12.4. The van der Waals surface area contributed by atoms with E-state index in [4.69, 9.17) is 22.7 Å². The van der Waals surface area contributed by atoms with Gasteiger partial charge in [0.1, 0.15) is 22.6 Å². The molecule has 1 aliphatic carbocycles. The molecule has 1 fully saturated rings. The molecule has 6 nitrogen and oxygen atoms in total. The highest BCUT2D eigenvalue weighted by molar-refractivity contribution is 6.06. The molecule has 118 valence electrons. The molecule has 0 amide bonds. The van der Waals surface area contributed by atoms with E-state index in [9.17, 15) is 9.59 Å². The second-order valence-electron chi connectivity index (χ2n) is 6.01. The average molecular weight is 317 g/mol. The lowest BCUT2D eigenvalue weighted by Crippen LogP contribution is -2.14. The molecule has 0 spiro atoms. The summed E-state index contributed by atoms with van der Waals surface area (Å²) in [5.74, 6) is 0.00854. The first-order chi connectivity index (χ1) is 12.3. The van der Waals surface area contributed by atoms with Crippen molar-refractivity contribution in [2.75, 3.05) is 13.6 Å². The number of methoxy groups -OCH3 is 1. The van der Waals surface area contributed by atoms with Gasteiger partial charge in [-0.3, -0.25) is 4.79 Å². The average Bonchev–Trinajstić information content (AvgIpc) is 3.19. The minimum atomic E-state index is -2.70. The van der Waals surface area contributed by atoms with Crippen LogP contribution >= 0.6 is 0 Å². The number of aryl methyl sites for hydroxylation is 1. The summed E-state index contributed by atoms with van der Waals surface area (Å²) in [6.07, 6.45) is 0.746. The third-order valence-corrected chi connectivity index (χ3v) is 4.89. The third-order valence-electron chi connectivity index (χ3n) is 4.89. The fourth-order valence-electron chi connectivity index (χ4n) is 3.92. The van der Waals surface area contributed by atoms with E-state index < -0.39 is 19.0 Å². The molecule has 0 saturated carbocycles. The van der Waals surface area contributed by atoms with Crippen molar-refractivity contribution in [2.24, 2.45) is 0 Å². The van der Waals surface area contributed by atoms with Gasteiger partial charge in [-0.05, 0) is 18.4 Å². The maximum absolute atomic E-state index is 12.4. The summed E-state index contributed by atoms with van der Waals surface area (Å²) < 4.78 is 44.3. The largest absolute Gasteiger partial charge is 0.496 e. The number of Topliss-reactive ketones (excluding diaryl/α,β-unsaturated/α-hetero) is 1. The van der Waals surface area contributed by atoms with Crippen LogP contribution in [0.25, 0.3) is 11.0 Å². The number of carbonyl (C=O) groups is 1. The Kier molecular flexibility index (Phi) is 1.97. The number of carbonyl (C=O) groups excluding carboxylic acids is 1. The third kappa shape index (κ3) is 1.56. The van der Waals surface area contributed by atoms with Gasteiger partial charge >= 0.3 is 5.63 Å². The highest BCUT2D eigenvalue weighted by Crippen LogP contribution is 2.51. The standard InChI is InChI=1S/C17H14O6/c1-20-10-6-11-14(8-4-5-21-17(8)22-11)15-13(10)7-2-3-9(18)12(7)16(19)23-15/h6,8,17H,2-5H2,1H3/t8-,17+/m1/s1/i1D3. The van der Waals surface area contributed by atoms with Crippen LogP contribution in [0.2, 0.25) is 0 Å². The molecule has 2 atom stereocenters. The van der Waals surface area contributed by atoms with Crippen LogP contribution in [0.15, 0.2) is 15.3 Å². The molecule has 0 bridgehead atoms. The second kappa shape index (κ2) is 4.35. The molecule has 23 heavy (non-hydrogen) atoms. The zero-order valence-corrected chi connectivity index (χ0v) is 12.0. The molecule has 1 aromatic carbocycles. The fourth-order valence-corrected chi connectivity index (χ4v) is 3.92. The van der Waals surface area contributed by atoms with Gasteiger partial charge in [0.2, 0.25) is 6.29 Å². The van der Waals surface area contributed by atoms with Gasteiger partial charge < -0.3 is 18.6 Å². The SMILES string of the molecule is [2H]C([2H])([2H])Oc1cc2c(c3oc(=O)c4c(c13)CCC4=O)[C@H]1CCO[C@H]1O2. The Balaban J connectivity index is 1.87. The topological polar surface area (TPSA) is 75.0 Å². The summed E-state index contributed by atoms with van der Waals surface area (Å²) in [7, 11) is -2.70. The van der Waals surface area contributed by atoms with Crippen molar-refractivity contribution in [1.29, 1.82) is 0 Å². The number of ketones is 1. The lowest BCUT2D eigenvalue weighted by atomic mass is 9.94. The van der Waals surface area contributed by atoms with Crippen molar-refractivity contribution in [3.05, 3.63) is 33.2 Å². The molecule has 5 rings (SSSR count). The minimum absolute atomic E-state index is 0.00835. The predicted molar refractivity (Wildman–Crippen MR) is 79.4 cm³/mol. The summed E-state index contributed by atoms with van der Waals surface area (Å²) in [4.78, 5) is 24.5. The quantitative estimate of drug-likeness (QED) is 0.750. The van der Waals surface area contributed by atoms with Gasteiger partial charge in [0, 0.05) is 18.1 Å². The number of hydrogen-bond acceptors (Lipinski definition) is 6. The van der Waals surface area contributed by atoms with Crippen molar-refractivity contribution in [3.8, 4) is 11.5 Å². The lowest BCUT2D eigenvalue weighted by Gasteiger charge is -2.13. The van der Waals surface area contributed by atoms with Crippen LogP contribution in [0.5, 0.6) is 11.5 Å². The molecular weight excluding hydrogens is 300 g/mol. The molecule has 3 aliphatic rings. The lowest BCUT2D eigenvalue weighted by molar-refractivity contribution is -0.0337. The van der Waals surface area contributed by atoms with Crippen LogP contribution in [0, 0.1) is 0 Å². The number of benzene rings is 1. The first-order valence-electron chi connectivity index (χ1n) is 9.00. The molecular formula is C17H14O6. The van der Waals surface area contributed by atoms with E-state index in [0.717, 1.165) is 0 Å². The second-order valence-corrected chi connectivity index (χ2v) is 6.01. The predicted octanol–water partition coefficient (Wildman–Crippen LogP) is 2.15. The monoisotopic (exact) mass is 317 g/mol. The van der Waals surface area contributed by atoms with Gasteiger partial charge in [-0.25, -0.2) is 4.79 Å². The van der Waals surface area contributed by atoms with E-state index in [0.29, 0.717) is 41.7 Å². The van der Waals surface area contributed by atoms with E-state index in [2.05, 4.69) is 0 Å². The van der Waals surface area contributed by atoms with Crippen LogP contribution in [0.4, 0.5) is 0 Å². The smallest absolute Gasteiger partial charge is 0.347 e. The van der Waals surface area contributed by atoms with E-state index in [-0.39, 0.29) is 35.0 Å². The normalized spacial score (nSPS) is 27.0. The highest BCUT2D eigenvalue weighted by Gasteiger charge is 2.43. The highest BCUT2D eigenvalue weighted by atomic mass is 16.7. The van der Waals surface area contributed by atoms with Gasteiger partial charge in [-0.15, -0.1) is 0 Å². The molecule has 6 heteroatoms. The number of ether oxygens (including phenoxy) is 3. The van der Waals surface area contributed by atoms with Crippen LogP contribution in [-0.2, 0) is 11.2 Å². The van der Waals surface area contributed by atoms with Gasteiger partial charge in [-0.1, -0.05) is 0 Å². The number of rotatable bonds is 1. The Morgan fingerprint density at radius 3 is 3.13 bits per heavy atom. The molecule has 0 N–H and O–H groups in total. The van der Waals surface area contributed by atoms with Crippen molar-refractivity contribution in [1.82, 2.24) is 0 Å². The Hall–Kier alpha value is -2.34. The molecule has 2 aromatic rings. The van der Waals surface area contributed by atoms with Crippen molar-refractivity contribution in [3.63, 3.8) is 0 Å². The molecule has 1 saturated heterocycles. The summed E-state index contributed by atoms with van der Waals surface area (Å²) in [6, 6.07) is 1.49. The minimum Gasteiger partial charge on any atom is -0.496 e. The van der Waals surface area contributed by atoms with Crippen molar-refractivity contribution in [2.45, 2.75) is 31.5 Å². The molecule has 2 aliphatic heterocycles. The summed E-state index contributed by atoms with van der Waals surface area (Å²) >= 11 is 0. The maximum Gasteiger partial charge on any atom is 0.347 e. The molecule has 0 radical (unpaired) electrons. The fraction of sp³-hybridized carbons (Fsp3) is 0.412. The van der Waals surface area contributed by atoms with E-state index in [1.807, 2.05) is 0 Å². The van der Waals surface area contributed by atoms with E-state index in [1.54, 1.807) is 0 Å². The molecule has 3 heterocycles. The van der Waals surface area contributed by atoms with Crippen LogP contribution in [0.1, 0.15) is 44.4 Å². The van der Waals surface area contributed by atoms with Crippen molar-refractivity contribution < 1.29 is 27.5 Å². The van der Waals surface area contributed by atoms with E-state index in [1.165, 1.54) is 6.07 Å². The van der Waals surface area contributed by atoms with Crippen LogP contribution in [0.3, 0.4) is 0 Å². The zero-order chi connectivity index (χ0) is 18.2. The Labute approximate surface area is 135 Å². The zero-order valence-electron chi connectivity index (χ0n) is 15.0. The Bertz CT molecular complexity index is 1020.